The average molecular weight is 346 g/mol. The predicted octanol–water partition coefficient (Wildman–Crippen LogP) is 2.82. The first-order valence-corrected chi connectivity index (χ1v) is 9.91. The predicted molar refractivity (Wildman–Crippen MR) is 95.5 cm³/mol. The van der Waals surface area contributed by atoms with Crippen molar-refractivity contribution >= 4 is 21.7 Å². The molecule has 1 fully saturated rings. The summed E-state index contributed by atoms with van der Waals surface area (Å²) in [5, 5.41) is 11.3. The van der Waals surface area contributed by atoms with Gasteiger partial charge in [0.2, 0.25) is 10.0 Å². The Morgan fingerprint density at radius 2 is 1.62 bits per heavy atom. The molecule has 0 unspecified atom stereocenters. The minimum atomic E-state index is -3.44. The van der Waals surface area contributed by atoms with Crippen LogP contribution in [-0.4, -0.2) is 30.4 Å². The van der Waals surface area contributed by atoms with Crippen molar-refractivity contribution in [3.63, 3.8) is 0 Å². The molecule has 0 saturated heterocycles. The summed E-state index contributed by atoms with van der Waals surface area (Å²) < 4.78 is 26.8. The first kappa shape index (κ1) is 16.7. The highest BCUT2D eigenvalue weighted by Crippen LogP contribution is 2.21. The molecule has 6 nitrogen and oxygen atoms in total. The Kier molecular flexibility index (Phi) is 5.30. The van der Waals surface area contributed by atoms with Gasteiger partial charge in [-0.15, -0.1) is 10.2 Å². The normalized spacial score (nSPS) is 15.3. The Balaban J connectivity index is 1.54. The van der Waals surface area contributed by atoms with Crippen LogP contribution in [0.25, 0.3) is 0 Å². The molecule has 1 aliphatic carbocycles. The van der Waals surface area contributed by atoms with Crippen LogP contribution in [0.4, 0.5) is 11.6 Å². The summed E-state index contributed by atoms with van der Waals surface area (Å²) in [6.07, 6.45) is 5.24. The molecule has 1 heterocycles. The molecule has 0 aliphatic heterocycles. The summed E-state index contributed by atoms with van der Waals surface area (Å²) in [5.41, 5.74) is 0.991. The average Bonchev–Trinajstić information content (AvgIpc) is 3.09. The number of hydrogen-bond donors (Lipinski definition) is 2. The number of nitrogens with zero attached hydrogens (tertiary/aromatic N) is 2. The molecule has 1 saturated carbocycles. The van der Waals surface area contributed by atoms with E-state index in [-0.39, 0.29) is 11.6 Å². The van der Waals surface area contributed by atoms with E-state index < -0.39 is 10.0 Å². The van der Waals surface area contributed by atoms with Gasteiger partial charge in [-0.3, -0.25) is 4.72 Å². The van der Waals surface area contributed by atoms with Crippen molar-refractivity contribution in [2.75, 3.05) is 15.8 Å². The van der Waals surface area contributed by atoms with Crippen molar-refractivity contribution in [2.24, 2.45) is 0 Å². The van der Waals surface area contributed by atoms with Gasteiger partial charge in [0.05, 0.1) is 5.75 Å². The third-order valence-electron chi connectivity index (χ3n) is 4.13. The Labute approximate surface area is 142 Å². The van der Waals surface area contributed by atoms with Crippen molar-refractivity contribution in [3.8, 4) is 0 Å². The molecule has 2 aromatic rings. The number of benzene rings is 1. The zero-order valence-corrected chi connectivity index (χ0v) is 14.3. The van der Waals surface area contributed by atoms with Gasteiger partial charge in [0, 0.05) is 6.04 Å². The van der Waals surface area contributed by atoms with Crippen LogP contribution in [0.3, 0.4) is 0 Å². The van der Waals surface area contributed by atoms with Gasteiger partial charge >= 0.3 is 0 Å². The Morgan fingerprint density at radius 1 is 0.958 bits per heavy atom. The van der Waals surface area contributed by atoms with E-state index in [2.05, 4.69) is 20.2 Å². The van der Waals surface area contributed by atoms with E-state index in [0.29, 0.717) is 18.3 Å². The molecule has 0 atom stereocenters. The van der Waals surface area contributed by atoms with Crippen LogP contribution in [-0.2, 0) is 16.4 Å². The van der Waals surface area contributed by atoms with Crippen LogP contribution in [0.1, 0.15) is 31.2 Å². The SMILES string of the molecule is O=S(=O)(CCc1ccccc1)Nc1ccc(NC2CCCC2)nn1. The molecular formula is C17H22N4O2S. The molecule has 1 aromatic carbocycles. The topological polar surface area (TPSA) is 84.0 Å². The molecule has 0 amide bonds. The summed E-state index contributed by atoms with van der Waals surface area (Å²) in [4.78, 5) is 0. The standard InChI is InChI=1S/C17H22N4O2S/c22-24(23,13-12-14-6-2-1-3-7-14)21-17-11-10-16(19-20-17)18-15-8-4-5-9-15/h1-3,6-7,10-11,15H,4-5,8-9,12-13H2,(H,18,19)(H,20,21). The molecular weight excluding hydrogens is 324 g/mol. The van der Waals surface area contributed by atoms with Gasteiger partial charge < -0.3 is 5.32 Å². The number of anilines is 2. The highest BCUT2D eigenvalue weighted by molar-refractivity contribution is 7.92. The molecule has 2 N–H and O–H groups in total. The van der Waals surface area contributed by atoms with Crippen molar-refractivity contribution in [1.29, 1.82) is 0 Å². The van der Waals surface area contributed by atoms with Gasteiger partial charge in [0.25, 0.3) is 0 Å². The van der Waals surface area contributed by atoms with E-state index in [1.807, 2.05) is 30.3 Å². The van der Waals surface area contributed by atoms with Gasteiger partial charge in [0.15, 0.2) is 5.82 Å². The fourth-order valence-electron chi connectivity index (χ4n) is 2.85. The van der Waals surface area contributed by atoms with Gasteiger partial charge in [-0.2, -0.15) is 0 Å². The van der Waals surface area contributed by atoms with Gasteiger partial charge in [0.1, 0.15) is 5.82 Å². The lowest BCUT2D eigenvalue weighted by molar-refractivity contribution is 0.600. The molecule has 1 aromatic heterocycles. The molecule has 7 heteroatoms. The Hall–Kier alpha value is -2.15. The lowest BCUT2D eigenvalue weighted by atomic mass is 10.2. The van der Waals surface area contributed by atoms with Crippen LogP contribution in [0.2, 0.25) is 0 Å². The van der Waals surface area contributed by atoms with E-state index in [9.17, 15) is 8.42 Å². The van der Waals surface area contributed by atoms with Crippen LogP contribution in [0, 0.1) is 0 Å². The van der Waals surface area contributed by atoms with Crippen molar-refractivity contribution < 1.29 is 8.42 Å². The number of sulfonamides is 1. The van der Waals surface area contributed by atoms with E-state index in [4.69, 9.17) is 0 Å². The summed E-state index contributed by atoms with van der Waals surface area (Å²) >= 11 is 0. The third-order valence-corrected chi connectivity index (χ3v) is 5.40. The summed E-state index contributed by atoms with van der Waals surface area (Å²) in [6, 6.07) is 13.4. The lowest BCUT2D eigenvalue weighted by Gasteiger charge is -2.12. The quantitative estimate of drug-likeness (QED) is 0.805. The van der Waals surface area contributed by atoms with Crippen molar-refractivity contribution in [1.82, 2.24) is 10.2 Å². The molecule has 128 valence electrons. The highest BCUT2D eigenvalue weighted by Gasteiger charge is 2.16. The second-order valence-corrected chi connectivity index (χ2v) is 7.93. The molecule has 0 radical (unpaired) electrons. The Bertz CT molecular complexity index is 742. The fraction of sp³-hybridized carbons (Fsp3) is 0.412. The number of hydrogen-bond acceptors (Lipinski definition) is 5. The second-order valence-electron chi connectivity index (χ2n) is 6.09. The summed E-state index contributed by atoms with van der Waals surface area (Å²) in [6.45, 7) is 0. The summed E-state index contributed by atoms with van der Waals surface area (Å²) in [5.74, 6) is 0.954. The minimum absolute atomic E-state index is 0.0147. The first-order valence-electron chi connectivity index (χ1n) is 8.25. The van der Waals surface area contributed by atoms with Gasteiger partial charge in [-0.1, -0.05) is 43.2 Å². The summed E-state index contributed by atoms with van der Waals surface area (Å²) in [7, 11) is -3.44. The number of nitrogens with one attached hydrogen (secondary N) is 2. The molecule has 3 rings (SSSR count). The second kappa shape index (κ2) is 7.61. The lowest BCUT2D eigenvalue weighted by Crippen LogP contribution is -2.20. The number of rotatable bonds is 7. The number of aromatic nitrogens is 2. The maximum absolute atomic E-state index is 12.1. The van der Waals surface area contributed by atoms with Gasteiger partial charge in [-0.05, 0) is 37.0 Å². The van der Waals surface area contributed by atoms with Crippen LogP contribution < -0.4 is 10.0 Å². The fourth-order valence-corrected chi connectivity index (χ4v) is 3.88. The molecule has 0 spiro atoms. The van der Waals surface area contributed by atoms with Crippen LogP contribution in [0.5, 0.6) is 0 Å². The molecule has 0 bridgehead atoms. The van der Waals surface area contributed by atoms with E-state index in [0.717, 1.165) is 18.4 Å². The van der Waals surface area contributed by atoms with E-state index in [1.165, 1.54) is 12.8 Å². The minimum Gasteiger partial charge on any atom is -0.366 e. The third kappa shape index (κ3) is 4.92. The maximum Gasteiger partial charge on any atom is 0.234 e. The molecule has 24 heavy (non-hydrogen) atoms. The smallest absolute Gasteiger partial charge is 0.234 e. The maximum atomic E-state index is 12.1. The first-order chi connectivity index (χ1) is 11.6. The van der Waals surface area contributed by atoms with E-state index >= 15 is 0 Å². The monoisotopic (exact) mass is 346 g/mol. The van der Waals surface area contributed by atoms with Crippen molar-refractivity contribution in [3.05, 3.63) is 48.0 Å². The van der Waals surface area contributed by atoms with Gasteiger partial charge in [-0.25, -0.2) is 8.42 Å². The van der Waals surface area contributed by atoms with E-state index in [1.54, 1.807) is 12.1 Å². The van der Waals surface area contributed by atoms with Crippen LogP contribution >= 0.6 is 0 Å². The van der Waals surface area contributed by atoms with Crippen LogP contribution in [0.15, 0.2) is 42.5 Å². The highest BCUT2D eigenvalue weighted by atomic mass is 32.2. The number of aryl methyl sites for hydroxylation is 1. The van der Waals surface area contributed by atoms with Crippen molar-refractivity contribution in [2.45, 2.75) is 38.1 Å². The largest absolute Gasteiger partial charge is 0.366 e. The zero-order chi connectivity index (χ0) is 16.8. The Morgan fingerprint density at radius 3 is 2.29 bits per heavy atom. The zero-order valence-electron chi connectivity index (χ0n) is 13.5. The molecule has 1 aliphatic rings.